The molecule has 1 aliphatic rings. The molecule has 0 unspecified atom stereocenters. The van der Waals surface area contributed by atoms with Crippen LogP contribution in [-0.2, 0) is 11.3 Å². The fourth-order valence-electron chi connectivity index (χ4n) is 3.32. The molecule has 1 saturated heterocycles. The van der Waals surface area contributed by atoms with E-state index < -0.39 is 0 Å². The van der Waals surface area contributed by atoms with Crippen LogP contribution in [0.2, 0.25) is 5.02 Å². The normalized spacial score (nSPS) is 21.9. The highest BCUT2D eigenvalue weighted by atomic mass is 35.5. The third-order valence-corrected chi connectivity index (χ3v) is 4.72. The molecule has 22 heavy (non-hydrogen) atoms. The lowest BCUT2D eigenvalue weighted by Crippen LogP contribution is -2.22. The molecule has 0 saturated carbocycles. The number of hydrogen-bond donors (Lipinski definition) is 0. The van der Waals surface area contributed by atoms with E-state index in [-0.39, 0.29) is 17.6 Å². The number of carbonyl (C=O) groups excluding carboxylic acids is 1. The molecule has 2 aromatic rings. The summed E-state index contributed by atoms with van der Waals surface area (Å²) in [5.41, 5.74) is 2.50. The third-order valence-electron chi connectivity index (χ3n) is 4.46. The minimum atomic E-state index is 0.0740. The van der Waals surface area contributed by atoms with Crippen molar-refractivity contribution in [1.29, 1.82) is 0 Å². The third kappa shape index (κ3) is 3.40. The summed E-state index contributed by atoms with van der Waals surface area (Å²) in [7, 11) is 0. The van der Waals surface area contributed by atoms with Gasteiger partial charge in [-0.1, -0.05) is 54.1 Å². The SMILES string of the molecule is CC(=O)[C@H]1CN(Cc2ccccc2)C[C@@H]1c1ccc(Cl)cc1. The quantitative estimate of drug-likeness (QED) is 0.845. The van der Waals surface area contributed by atoms with Gasteiger partial charge in [-0.25, -0.2) is 0 Å². The Morgan fingerprint density at radius 3 is 2.41 bits per heavy atom. The van der Waals surface area contributed by atoms with Crippen molar-refractivity contribution < 1.29 is 4.79 Å². The van der Waals surface area contributed by atoms with Gasteiger partial charge in [0, 0.05) is 36.5 Å². The molecule has 2 nitrogen and oxygen atoms in total. The second-order valence-corrected chi connectivity index (χ2v) is 6.49. The molecule has 114 valence electrons. The van der Waals surface area contributed by atoms with Crippen LogP contribution >= 0.6 is 11.6 Å². The Balaban J connectivity index is 1.77. The van der Waals surface area contributed by atoms with Gasteiger partial charge in [-0.2, -0.15) is 0 Å². The van der Waals surface area contributed by atoms with E-state index >= 15 is 0 Å². The first kappa shape index (κ1) is 15.3. The molecule has 0 spiro atoms. The lowest BCUT2D eigenvalue weighted by molar-refractivity contribution is -0.120. The maximum Gasteiger partial charge on any atom is 0.134 e. The Morgan fingerprint density at radius 2 is 1.77 bits per heavy atom. The van der Waals surface area contributed by atoms with Crippen LogP contribution in [0.3, 0.4) is 0 Å². The van der Waals surface area contributed by atoms with E-state index in [9.17, 15) is 4.79 Å². The van der Waals surface area contributed by atoms with Gasteiger partial charge in [-0.15, -0.1) is 0 Å². The summed E-state index contributed by atoms with van der Waals surface area (Å²) < 4.78 is 0. The van der Waals surface area contributed by atoms with Crippen LogP contribution in [0.4, 0.5) is 0 Å². The molecule has 0 bridgehead atoms. The zero-order chi connectivity index (χ0) is 15.5. The van der Waals surface area contributed by atoms with E-state index in [4.69, 9.17) is 11.6 Å². The molecule has 2 atom stereocenters. The standard InChI is InChI=1S/C19H20ClNO/c1-14(22)18-12-21(11-15-5-3-2-4-6-15)13-19(18)16-7-9-17(20)10-8-16/h2-10,18-19H,11-13H2,1H3/t18-,19-/m1/s1. The van der Waals surface area contributed by atoms with E-state index in [1.807, 2.05) is 18.2 Å². The number of carbonyl (C=O) groups is 1. The van der Waals surface area contributed by atoms with Crippen molar-refractivity contribution in [2.24, 2.45) is 5.92 Å². The Bertz CT molecular complexity index is 638. The number of ketones is 1. The predicted molar refractivity (Wildman–Crippen MR) is 90.1 cm³/mol. The maximum atomic E-state index is 12.0. The monoisotopic (exact) mass is 313 g/mol. The zero-order valence-electron chi connectivity index (χ0n) is 12.7. The number of nitrogens with zero attached hydrogens (tertiary/aromatic N) is 1. The van der Waals surface area contributed by atoms with Crippen LogP contribution in [0.1, 0.15) is 24.0 Å². The van der Waals surface area contributed by atoms with Crippen LogP contribution in [0.25, 0.3) is 0 Å². The van der Waals surface area contributed by atoms with Crippen molar-refractivity contribution in [3.8, 4) is 0 Å². The lowest BCUT2D eigenvalue weighted by atomic mass is 9.87. The van der Waals surface area contributed by atoms with Crippen molar-refractivity contribution in [2.75, 3.05) is 13.1 Å². The zero-order valence-corrected chi connectivity index (χ0v) is 13.5. The molecule has 0 radical (unpaired) electrons. The van der Waals surface area contributed by atoms with Gasteiger partial charge in [0.05, 0.1) is 0 Å². The van der Waals surface area contributed by atoms with Gasteiger partial charge in [0.15, 0.2) is 0 Å². The average molecular weight is 314 g/mol. The lowest BCUT2D eigenvalue weighted by Gasteiger charge is -2.16. The van der Waals surface area contributed by atoms with E-state index in [0.717, 1.165) is 24.7 Å². The van der Waals surface area contributed by atoms with Gasteiger partial charge < -0.3 is 0 Å². The average Bonchev–Trinajstić information content (AvgIpc) is 2.93. The van der Waals surface area contributed by atoms with Crippen molar-refractivity contribution in [2.45, 2.75) is 19.4 Å². The first-order chi connectivity index (χ1) is 10.6. The topological polar surface area (TPSA) is 20.3 Å². The Labute approximate surface area is 136 Å². The van der Waals surface area contributed by atoms with Gasteiger partial charge in [-0.3, -0.25) is 9.69 Å². The molecule has 2 aromatic carbocycles. The molecular formula is C19H20ClNO. The summed E-state index contributed by atoms with van der Waals surface area (Å²) in [4.78, 5) is 14.4. The first-order valence-corrected chi connectivity index (χ1v) is 8.03. The van der Waals surface area contributed by atoms with E-state index in [2.05, 4.69) is 41.3 Å². The molecule has 0 aliphatic carbocycles. The minimum Gasteiger partial charge on any atom is -0.300 e. The van der Waals surface area contributed by atoms with Gasteiger partial charge in [0.25, 0.3) is 0 Å². The van der Waals surface area contributed by atoms with Gasteiger partial charge in [0.1, 0.15) is 5.78 Å². The van der Waals surface area contributed by atoms with E-state index in [1.54, 1.807) is 6.92 Å². The van der Waals surface area contributed by atoms with Crippen LogP contribution in [0.5, 0.6) is 0 Å². The van der Waals surface area contributed by atoms with Crippen molar-refractivity contribution in [3.05, 3.63) is 70.7 Å². The molecule has 1 aliphatic heterocycles. The Morgan fingerprint density at radius 1 is 1.09 bits per heavy atom. The van der Waals surface area contributed by atoms with Crippen LogP contribution < -0.4 is 0 Å². The smallest absolute Gasteiger partial charge is 0.134 e. The highest BCUT2D eigenvalue weighted by molar-refractivity contribution is 6.30. The van der Waals surface area contributed by atoms with Crippen LogP contribution in [0.15, 0.2) is 54.6 Å². The van der Waals surface area contributed by atoms with Gasteiger partial charge in [-0.05, 0) is 30.2 Å². The molecule has 0 N–H and O–H groups in total. The number of Topliss-reactive ketones (excluding diaryl/α,β-unsaturated/α-hetero) is 1. The molecule has 3 rings (SSSR count). The maximum absolute atomic E-state index is 12.0. The van der Waals surface area contributed by atoms with Gasteiger partial charge >= 0.3 is 0 Å². The van der Waals surface area contributed by atoms with E-state index in [0.29, 0.717) is 0 Å². The summed E-state index contributed by atoms with van der Waals surface area (Å²) in [6.45, 7) is 4.35. The number of benzene rings is 2. The molecule has 1 fully saturated rings. The first-order valence-electron chi connectivity index (χ1n) is 7.65. The van der Waals surface area contributed by atoms with Crippen LogP contribution in [0, 0.1) is 5.92 Å². The summed E-state index contributed by atoms with van der Waals surface area (Å²) in [5.74, 6) is 0.610. The number of rotatable bonds is 4. The molecule has 0 amide bonds. The summed E-state index contributed by atoms with van der Waals surface area (Å²) in [6, 6.07) is 18.3. The number of hydrogen-bond acceptors (Lipinski definition) is 2. The fourth-order valence-corrected chi connectivity index (χ4v) is 3.44. The number of halogens is 1. The van der Waals surface area contributed by atoms with Gasteiger partial charge in [0.2, 0.25) is 0 Å². The fraction of sp³-hybridized carbons (Fsp3) is 0.316. The largest absolute Gasteiger partial charge is 0.300 e. The second-order valence-electron chi connectivity index (χ2n) is 6.05. The molecule has 1 heterocycles. The Hall–Kier alpha value is -1.64. The number of likely N-dealkylation sites (tertiary alicyclic amines) is 1. The molecule has 3 heteroatoms. The van der Waals surface area contributed by atoms with Crippen molar-refractivity contribution >= 4 is 17.4 Å². The van der Waals surface area contributed by atoms with E-state index in [1.165, 1.54) is 11.1 Å². The van der Waals surface area contributed by atoms with Crippen molar-refractivity contribution in [3.63, 3.8) is 0 Å². The minimum absolute atomic E-state index is 0.0740. The summed E-state index contributed by atoms with van der Waals surface area (Å²) >= 11 is 5.98. The highest BCUT2D eigenvalue weighted by Gasteiger charge is 2.36. The molecular weight excluding hydrogens is 294 g/mol. The predicted octanol–water partition coefficient (Wildman–Crippen LogP) is 4.14. The summed E-state index contributed by atoms with van der Waals surface area (Å²) in [6.07, 6.45) is 0. The highest BCUT2D eigenvalue weighted by Crippen LogP contribution is 2.34. The molecule has 0 aromatic heterocycles. The Kier molecular flexibility index (Phi) is 4.60. The summed E-state index contributed by atoms with van der Waals surface area (Å²) in [5, 5.41) is 0.738. The second kappa shape index (κ2) is 6.64. The van der Waals surface area contributed by atoms with Crippen molar-refractivity contribution in [1.82, 2.24) is 4.90 Å². The van der Waals surface area contributed by atoms with Crippen LogP contribution in [-0.4, -0.2) is 23.8 Å².